The van der Waals surface area contributed by atoms with E-state index in [9.17, 15) is 14.7 Å². The van der Waals surface area contributed by atoms with E-state index < -0.39 is 17.1 Å². The van der Waals surface area contributed by atoms with Gasteiger partial charge in [-0.3, -0.25) is 9.59 Å². The second-order valence-electron chi connectivity index (χ2n) is 4.05. The van der Waals surface area contributed by atoms with Crippen molar-refractivity contribution in [1.82, 2.24) is 5.32 Å². The van der Waals surface area contributed by atoms with Gasteiger partial charge in [0, 0.05) is 10.6 Å². The van der Waals surface area contributed by atoms with Crippen molar-refractivity contribution in [3.05, 3.63) is 28.8 Å². The number of carbonyl (C=O) groups is 2. The molecule has 1 aromatic carbocycles. The molecule has 0 aliphatic carbocycles. The minimum atomic E-state index is -1.06. The molecule has 3 N–H and O–H groups in total. The highest BCUT2D eigenvalue weighted by Gasteiger charge is 2.32. The zero-order chi connectivity index (χ0) is 15.4. The van der Waals surface area contributed by atoms with Gasteiger partial charge in [-0.2, -0.15) is 5.10 Å². The molecule has 0 saturated carbocycles. The Balaban J connectivity index is 2.05. The molecule has 1 fully saturated rings. The minimum absolute atomic E-state index is 0.00443. The van der Waals surface area contributed by atoms with Crippen molar-refractivity contribution in [2.24, 2.45) is 10.2 Å². The van der Waals surface area contributed by atoms with Crippen molar-refractivity contribution in [2.45, 2.75) is 11.7 Å². The van der Waals surface area contributed by atoms with E-state index in [1.165, 1.54) is 24.4 Å². The number of amides is 1. The Morgan fingerprint density at radius 3 is 3.00 bits per heavy atom. The molecular formula is C12H10ClN3O4S. The summed E-state index contributed by atoms with van der Waals surface area (Å²) in [6, 6.07) is 4.46. The summed E-state index contributed by atoms with van der Waals surface area (Å²) >= 11 is 6.78. The van der Waals surface area contributed by atoms with E-state index in [1.54, 1.807) is 0 Å². The van der Waals surface area contributed by atoms with E-state index in [1.807, 2.05) is 0 Å². The third kappa shape index (κ3) is 4.20. The van der Waals surface area contributed by atoms with Crippen molar-refractivity contribution in [3.63, 3.8) is 0 Å². The van der Waals surface area contributed by atoms with Gasteiger partial charge < -0.3 is 15.5 Å². The van der Waals surface area contributed by atoms with Crippen molar-refractivity contribution < 1.29 is 19.8 Å². The van der Waals surface area contributed by atoms with Gasteiger partial charge in [0.15, 0.2) is 5.17 Å². The van der Waals surface area contributed by atoms with E-state index in [0.717, 1.165) is 11.8 Å². The first-order valence-corrected chi connectivity index (χ1v) is 7.00. The highest BCUT2D eigenvalue weighted by molar-refractivity contribution is 8.15. The number of carboxylic acids is 1. The molecule has 21 heavy (non-hydrogen) atoms. The summed E-state index contributed by atoms with van der Waals surface area (Å²) in [6.07, 6.45) is 1.000. The number of carboxylic acid groups (broad SMARTS) is 1. The van der Waals surface area contributed by atoms with Gasteiger partial charge in [-0.1, -0.05) is 23.4 Å². The Kier molecular flexibility index (Phi) is 4.81. The van der Waals surface area contributed by atoms with Gasteiger partial charge in [0.2, 0.25) is 5.91 Å². The highest BCUT2D eigenvalue weighted by atomic mass is 35.5. The number of hydrogen-bond acceptors (Lipinski definition) is 6. The largest absolute Gasteiger partial charge is 0.507 e. The van der Waals surface area contributed by atoms with Gasteiger partial charge in [0.05, 0.1) is 12.6 Å². The van der Waals surface area contributed by atoms with Crippen LogP contribution in [0.4, 0.5) is 0 Å². The number of carbonyl (C=O) groups excluding carboxylic acids is 1. The molecule has 110 valence electrons. The predicted octanol–water partition coefficient (Wildman–Crippen LogP) is 1.44. The van der Waals surface area contributed by atoms with E-state index >= 15 is 0 Å². The Hall–Kier alpha value is -2.06. The van der Waals surface area contributed by atoms with Crippen LogP contribution < -0.4 is 5.32 Å². The smallest absolute Gasteiger partial charge is 0.305 e. The summed E-state index contributed by atoms with van der Waals surface area (Å²) in [5.41, 5.74) is 0.378. The van der Waals surface area contributed by atoms with E-state index in [4.69, 9.17) is 16.7 Å². The first kappa shape index (κ1) is 15.3. The summed E-state index contributed by atoms with van der Waals surface area (Å²) in [6.45, 7) is 0. The molecule has 1 aliphatic heterocycles. The maximum absolute atomic E-state index is 11.5. The van der Waals surface area contributed by atoms with Gasteiger partial charge >= 0.3 is 5.97 Å². The number of halogens is 1. The number of phenols is 1. The molecule has 0 spiro atoms. The number of hydrogen-bond donors (Lipinski definition) is 3. The second kappa shape index (κ2) is 6.59. The molecular weight excluding hydrogens is 318 g/mol. The fourth-order valence-electron chi connectivity index (χ4n) is 1.52. The molecule has 1 atom stereocenters. The zero-order valence-electron chi connectivity index (χ0n) is 10.5. The normalized spacial score (nSPS) is 20.1. The number of aromatic hydroxyl groups is 1. The monoisotopic (exact) mass is 327 g/mol. The first-order valence-electron chi connectivity index (χ1n) is 5.74. The quantitative estimate of drug-likeness (QED) is 0.572. The minimum Gasteiger partial charge on any atom is -0.507 e. The molecule has 9 heteroatoms. The van der Waals surface area contributed by atoms with Crippen molar-refractivity contribution in [3.8, 4) is 5.75 Å². The number of thioether (sulfide) groups is 1. The van der Waals surface area contributed by atoms with Crippen LogP contribution in [0.2, 0.25) is 5.02 Å². The Bertz CT molecular complexity index is 647. The summed E-state index contributed by atoms with van der Waals surface area (Å²) in [5.74, 6) is -1.48. The number of nitrogens with one attached hydrogen (secondary N) is 1. The molecule has 1 saturated heterocycles. The first-order chi connectivity index (χ1) is 9.95. The second-order valence-corrected chi connectivity index (χ2v) is 5.67. The standard InChI is InChI=1S/C12H10ClN3O4S/c13-7-1-2-8(17)6(3-7)5-14-16-12-15-11(20)9(21-12)4-10(18)19/h1-3,5,9,17H,4H2,(H,18,19)(H,15,16,20)/t9-/m0/s1. The summed E-state index contributed by atoms with van der Waals surface area (Å²) < 4.78 is 0. The number of amidine groups is 1. The number of phenolic OH excluding ortho intramolecular Hbond substituents is 1. The topological polar surface area (TPSA) is 111 Å². The lowest BCUT2D eigenvalue weighted by atomic mass is 10.2. The van der Waals surface area contributed by atoms with Crippen molar-refractivity contribution in [1.29, 1.82) is 0 Å². The third-order valence-corrected chi connectivity index (χ3v) is 3.78. The summed E-state index contributed by atoms with van der Waals surface area (Å²) in [7, 11) is 0. The average molecular weight is 328 g/mol. The lowest BCUT2D eigenvalue weighted by molar-refractivity contribution is -0.138. The van der Waals surface area contributed by atoms with Crippen LogP contribution >= 0.6 is 23.4 Å². The third-order valence-electron chi connectivity index (χ3n) is 2.47. The molecule has 1 aromatic rings. The van der Waals surface area contributed by atoms with Crippen LogP contribution in [0.1, 0.15) is 12.0 Å². The SMILES string of the molecule is O=C(O)C[C@@H]1S/C(=N\N=Cc2cc(Cl)ccc2O)NC1=O. The molecule has 2 rings (SSSR count). The predicted molar refractivity (Wildman–Crippen MR) is 79.9 cm³/mol. The van der Waals surface area contributed by atoms with E-state index in [0.29, 0.717) is 10.6 Å². The fraction of sp³-hybridized carbons (Fsp3) is 0.167. The van der Waals surface area contributed by atoms with Crippen LogP contribution in [0.3, 0.4) is 0 Å². The van der Waals surface area contributed by atoms with Gasteiger partial charge in [-0.15, -0.1) is 5.10 Å². The Morgan fingerprint density at radius 1 is 1.52 bits per heavy atom. The number of benzene rings is 1. The van der Waals surface area contributed by atoms with Crippen LogP contribution in [-0.2, 0) is 9.59 Å². The van der Waals surface area contributed by atoms with Crippen LogP contribution in [0.15, 0.2) is 28.4 Å². The van der Waals surface area contributed by atoms with Gasteiger partial charge in [-0.05, 0) is 18.2 Å². The van der Waals surface area contributed by atoms with Gasteiger partial charge in [-0.25, -0.2) is 0 Å². The lowest BCUT2D eigenvalue weighted by Crippen LogP contribution is -2.26. The van der Waals surface area contributed by atoms with Crippen molar-refractivity contribution >= 4 is 46.6 Å². The van der Waals surface area contributed by atoms with Crippen LogP contribution in [0.5, 0.6) is 5.75 Å². The Labute approximate surface area is 128 Å². The van der Waals surface area contributed by atoms with Crippen LogP contribution in [0.25, 0.3) is 0 Å². The molecule has 0 radical (unpaired) electrons. The molecule has 1 amide bonds. The summed E-state index contributed by atoms with van der Waals surface area (Å²) in [5, 5.41) is 28.1. The molecule has 0 aromatic heterocycles. The molecule has 0 unspecified atom stereocenters. The number of aliphatic carboxylic acids is 1. The molecule has 0 bridgehead atoms. The van der Waals surface area contributed by atoms with E-state index in [-0.39, 0.29) is 17.3 Å². The molecule has 1 heterocycles. The van der Waals surface area contributed by atoms with E-state index in [2.05, 4.69) is 15.5 Å². The average Bonchev–Trinajstić information content (AvgIpc) is 2.73. The maximum Gasteiger partial charge on any atom is 0.305 e. The summed E-state index contributed by atoms with van der Waals surface area (Å²) in [4.78, 5) is 22.0. The van der Waals surface area contributed by atoms with Crippen LogP contribution in [0, 0.1) is 0 Å². The van der Waals surface area contributed by atoms with Gasteiger partial charge in [0.25, 0.3) is 0 Å². The fourth-order valence-corrected chi connectivity index (χ4v) is 2.61. The lowest BCUT2D eigenvalue weighted by Gasteiger charge is -1.98. The van der Waals surface area contributed by atoms with Crippen molar-refractivity contribution in [2.75, 3.05) is 0 Å². The number of rotatable bonds is 4. The molecule has 7 nitrogen and oxygen atoms in total. The zero-order valence-corrected chi connectivity index (χ0v) is 12.1. The number of nitrogens with zero attached hydrogens (tertiary/aromatic N) is 2. The molecule has 1 aliphatic rings. The van der Waals surface area contributed by atoms with Crippen LogP contribution in [-0.4, -0.2) is 38.7 Å². The Morgan fingerprint density at radius 2 is 2.29 bits per heavy atom. The highest BCUT2D eigenvalue weighted by Crippen LogP contribution is 2.23. The van der Waals surface area contributed by atoms with Gasteiger partial charge in [0.1, 0.15) is 11.0 Å². The maximum atomic E-state index is 11.5.